The summed E-state index contributed by atoms with van der Waals surface area (Å²) < 4.78 is 13.7. The molecule has 2 aromatic carbocycles. The first-order valence-electron chi connectivity index (χ1n) is 5.86. The van der Waals surface area contributed by atoms with E-state index in [1.165, 1.54) is 18.2 Å². The average Bonchev–Trinajstić information content (AvgIpc) is 2.43. The van der Waals surface area contributed by atoms with Crippen LogP contribution in [-0.2, 0) is 6.42 Å². The molecular formula is C15H11FN2O2. The van der Waals surface area contributed by atoms with Crippen molar-refractivity contribution in [3.8, 4) is 6.07 Å². The van der Waals surface area contributed by atoms with Gasteiger partial charge in [-0.2, -0.15) is 5.26 Å². The van der Waals surface area contributed by atoms with E-state index in [9.17, 15) is 9.18 Å². The fraction of sp³-hybridized carbons (Fsp3) is 0.0667. The van der Waals surface area contributed by atoms with Crippen molar-refractivity contribution in [2.75, 3.05) is 5.32 Å². The standard InChI is InChI=1S/C15H11FN2O2/c16-13-3-1-2-12(15(19)20)14(13)18-11-6-4-10(5-7-11)8-9-17/h1-7,18H,8H2,(H,19,20). The van der Waals surface area contributed by atoms with Crippen molar-refractivity contribution in [3.63, 3.8) is 0 Å². The highest BCUT2D eigenvalue weighted by Crippen LogP contribution is 2.24. The number of aromatic carboxylic acids is 1. The fourth-order valence-electron chi connectivity index (χ4n) is 1.77. The lowest BCUT2D eigenvalue weighted by Crippen LogP contribution is -2.04. The summed E-state index contributed by atoms with van der Waals surface area (Å²) in [5.74, 6) is -1.83. The van der Waals surface area contributed by atoms with Gasteiger partial charge in [0.25, 0.3) is 0 Å². The molecule has 0 saturated heterocycles. The second-order valence-electron chi connectivity index (χ2n) is 4.12. The minimum atomic E-state index is -1.20. The Morgan fingerprint density at radius 1 is 1.25 bits per heavy atom. The van der Waals surface area contributed by atoms with Gasteiger partial charge in [-0.05, 0) is 29.8 Å². The van der Waals surface area contributed by atoms with Crippen LogP contribution in [-0.4, -0.2) is 11.1 Å². The molecule has 0 atom stereocenters. The molecule has 0 radical (unpaired) electrons. The summed E-state index contributed by atoms with van der Waals surface area (Å²) >= 11 is 0. The number of carbonyl (C=O) groups is 1. The highest BCUT2D eigenvalue weighted by Gasteiger charge is 2.14. The Kier molecular flexibility index (Phi) is 3.96. The molecular weight excluding hydrogens is 259 g/mol. The van der Waals surface area contributed by atoms with Crippen molar-refractivity contribution in [2.45, 2.75) is 6.42 Å². The molecule has 0 amide bonds. The van der Waals surface area contributed by atoms with Gasteiger partial charge in [-0.3, -0.25) is 0 Å². The molecule has 0 bridgehead atoms. The second-order valence-corrected chi connectivity index (χ2v) is 4.12. The number of nitrogens with one attached hydrogen (secondary N) is 1. The van der Waals surface area contributed by atoms with E-state index in [1.54, 1.807) is 24.3 Å². The summed E-state index contributed by atoms with van der Waals surface area (Å²) in [6, 6.07) is 12.7. The molecule has 5 heteroatoms. The molecule has 2 rings (SSSR count). The van der Waals surface area contributed by atoms with Gasteiger partial charge in [0, 0.05) is 5.69 Å². The normalized spacial score (nSPS) is 9.80. The Hall–Kier alpha value is -2.87. The van der Waals surface area contributed by atoms with E-state index in [1.807, 2.05) is 6.07 Å². The fourth-order valence-corrected chi connectivity index (χ4v) is 1.77. The van der Waals surface area contributed by atoms with E-state index in [4.69, 9.17) is 10.4 Å². The molecule has 0 fully saturated rings. The number of halogens is 1. The van der Waals surface area contributed by atoms with E-state index in [0.29, 0.717) is 12.1 Å². The average molecular weight is 270 g/mol. The van der Waals surface area contributed by atoms with Crippen LogP contribution in [0.15, 0.2) is 42.5 Å². The molecule has 100 valence electrons. The third kappa shape index (κ3) is 2.93. The summed E-state index contributed by atoms with van der Waals surface area (Å²) in [6.45, 7) is 0. The highest BCUT2D eigenvalue weighted by molar-refractivity contribution is 5.95. The minimum Gasteiger partial charge on any atom is -0.478 e. The summed E-state index contributed by atoms with van der Waals surface area (Å²) in [7, 11) is 0. The van der Waals surface area contributed by atoms with E-state index in [-0.39, 0.29) is 11.3 Å². The van der Waals surface area contributed by atoms with E-state index < -0.39 is 11.8 Å². The molecule has 0 unspecified atom stereocenters. The van der Waals surface area contributed by atoms with Gasteiger partial charge in [-0.1, -0.05) is 18.2 Å². The largest absolute Gasteiger partial charge is 0.478 e. The Morgan fingerprint density at radius 2 is 1.95 bits per heavy atom. The lowest BCUT2D eigenvalue weighted by Gasteiger charge is -2.10. The number of carboxylic acid groups (broad SMARTS) is 1. The van der Waals surface area contributed by atoms with Gasteiger partial charge in [0.1, 0.15) is 5.82 Å². The lowest BCUT2D eigenvalue weighted by atomic mass is 10.1. The van der Waals surface area contributed by atoms with Crippen molar-refractivity contribution in [1.29, 1.82) is 5.26 Å². The summed E-state index contributed by atoms with van der Waals surface area (Å²) in [4.78, 5) is 11.1. The molecule has 0 heterocycles. The molecule has 0 aliphatic heterocycles. The van der Waals surface area contributed by atoms with Crippen LogP contribution in [0.2, 0.25) is 0 Å². The Balaban J connectivity index is 2.30. The van der Waals surface area contributed by atoms with Crippen LogP contribution in [0.4, 0.5) is 15.8 Å². The number of carboxylic acids is 1. The lowest BCUT2D eigenvalue weighted by molar-refractivity contribution is 0.0697. The quantitative estimate of drug-likeness (QED) is 0.893. The zero-order chi connectivity index (χ0) is 14.5. The monoisotopic (exact) mass is 270 g/mol. The van der Waals surface area contributed by atoms with Crippen LogP contribution >= 0.6 is 0 Å². The SMILES string of the molecule is N#CCc1ccc(Nc2c(F)cccc2C(=O)O)cc1. The Labute approximate surface area is 115 Å². The van der Waals surface area contributed by atoms with Gasteiger partial charge >= 0.3 is 5.97 Å². The van der Waals surface area contributed by atoms with Crippen LogP contribution in [0.1, 0.15) is 15.9 Å². The van der Waals surface area contributed by atoms with Crippen molar-refractivity contribution >= 4 is 17.3 Å². The maximum Gasteiger partial charge on any atom is 0.337 e. The number of benzene rings is 2. The van der Waals surface area contributed by atoms with Gasteiger partial charge in [-0.25, -0.2) is 9.18 Å². The predicted octanol–water partition coefficient (Wildman–Crippen LogP) is 3.33. The first-order valence-corrected chi connectivity index (χ1v) is 5.86. The number of hydrogen-bond acceptors (Lipinski definition) is 3. The molecule has 0 saturated carbocycles. The van der Waals surface area contributed by atoms with Crippen molar-refractivity contribution in [1.82, 2.24) is 0 Å². The highest BCUT2D eigenvalue weighted by atomic mass is 19.1. The molecule has 0 spiro atoms. The van der Waals surface area contributed by atoms with Crippen molar-refractivity contribution < 1.29 is 14.3 Å². The van der Waals surface area contributed by atoms with E-state index in [0.717, 1.165) is 5.56 Å². The third-order valence-corrected chi connectivity index (χ3v) is 2.75. The van der Waals surface area contributed by atoms with Gasteiger partial charge in [-0.15, -0.1) is 0 Å². The summed E-state index contributed by atoms with van der Waals surface area (Å²) in [6.07, 6.45) is 0.292. The minimum absolute atomic E-state index is 0.0759. The number of rotatable bonds is 4. The Bertz CT molecular complexity index is 675. The van der Waals surface area contributed by atoms with Crippen LogP contribution in [0.25, 0.3) is 0 Å². The second kappa shape index (κ2) is 5.85. The van der Waals surface area contributed by atoms with E-state index in [2.05, 4.69) is 5.32 Å². The van der Waals surface area contributed by atoms with Gasteiger partial charge in [0.15, 0.2) is 0 Å². The molecule has 20 heavy (non-hydrogen) atoms. The molecule has 2 N–H and O–H groups in total. The topological polar surface area (TPSA) is 73.1 Å². The third-order valence-electron chi connectivity index (χ3n) is 2.75. The summed E-state index contributed by atoms with van der Waals surface area (Å²) in [5.41, 5.74) is 1.18. The molecule has 4 nitrogen and oxygen atoms in total. The Morgan fingerprint density at radius 3 is 2.55 bits per heavy atom. The van der Waals surface area contributed by atoms with Crippen LogP contribution in [0.3, 0.4) is 0 Å². The number of anilines is 2. The first kappa shape index (κ1) is 13.6. The smallest absolute Gasteiger partial charge is 0.337 e. The molecule has 0 aromatic heterocycles. The van der Waals surface area contributed by atoms with Crippen LogP contribution < -0.4 is 5.32 Å². The zero-order valence-corrected chi connectivity index (χ0v) is 10.4. The first-order chi connectivity index (χ1) is 9.61. The van der Waals surface area contributed by atoms with Crippen molar-refractivity contribution in [2.24, 2.45) is 0 Å². The molecule has 0 aliphatic carbocycles. The van der Waals surface area contributed by atoms with Crippen molar-refractivity contribution in [3.05, 3.63) is 59.4 Å². The van der Waals surface area contributed by atoms with Crippen LogP contribution in [0.5, 0.6) is 0 Å². The van der Waals surface area contributed by atoms with E-state index >= 15 is 0 Å². The predicted molar refractivity (Wildman–Crippen MR) is 72.4 cm³/mol. The number of para-hydroxylation sites is 1. The van der Waals surface area contributed by atoms with Gasteiger partial charge < -0.3 is 10.4 Å². The maximum atomic E-state index is 13.7. The number of nitriles is 1. The number of nitrogens with zero attached hydrogens (tertiary/aromatic N) is 1. The number of hydrogen-bond donors (Lipinski definition) is 2. The molecule has 2 aromatic rings. The van der Waals surface area contributed by atoms with Gasteiger partial charge in [0.2, 0.25) is 0 Å². The van der Waals surface area contributed by atoms with Crippen LogP contribution in [0, 0.1) is 17.1 Å². The zero-order valence-electron chi connectivity index (χ0n) is 10.4. The maximum absolute atomic E-state index is 13.7. The molecule has 0 aliphatic rings. The summed E-state index contributed by atoms with van der Waals surface area (Å²) in [5, 5.41) is 20.4. The van der Waals surface area contributed by atoms with Gasteiger partial charge in [0.05, 0.1) is 23.7 Å².